The van der Waals surface area contributed by atoms with E-state index >= 15 is 0 Å². The molecule has 0 amide bonds. The molecule has 0 unspecified atom stereocenters. The molecule has 0 saturated carbocycles. The van der Waals surface area contributed by atoms with Crippen molar-refractivity contribution in [1.29, 1.82) is 0 Å². The van der Waals surface area contributed by atoms with E-state index in [0.29, 0.717) is 29.6 Å². The Morgan fingerprint density at radius 2 is 2.18 bits per heavy atom. The zero-order valence-corrected chi connectivity index (χ0v) is 13.2. The van der Waals surface area contributed by atoms with E-state index in [1.54, 1.807) is 29.9 Å². The molecule has 8 heteroatoms. The lowest BCUT2D eigenvalue weighted by Gasteiger charge is -2.00. The Bertz CT molecular complexity index is 833. The van der Waals surface area contributed by atoms with Gasteiger partial charge in [0.05, 0.1) is 16.3 Å². The third-order valence-electron chi connectivity index (χ3n) is 3.45. The molecule has 0 spiro atoms. The van der Waals surface area contributed by atoms with Crippen molar-refractivity contribution in [3.63, 3.8) is 0 Å². The van der Waals surface area contributed by atoms with Gasteiger partial charge in [0.1, 0.15) is 22.8 Å². The minimum atomic E-state index is -0.402. The summed E-state index contributed by atoms with van der Waals surface area (Å²) in [5, 5.41) is 17.2. The minimum Gasteiger partial charge on any atom is -0.440 e. The van der Waals surface area contributed by atoms with Crippen LogP contribution in [0.1, 0.15) is 22.8 Å². The molecule has 0 aliphatic heterocycles. The predicted molar refractivity (Wildman–Crippen MR) is 82.0 cm³/mol. The first kappa shape index (κ1) is 14.5. The van der Waals surface area contributed by atoms with E-state index in [1.807, 2.05) is 24.4 Å². The second kappa shape index (κ2) is 5.38. The first-order valence-electron chi connectivity index (χ1n) is 6.66. The van der Waals surface area contributed by atoms with Crippen LogP contribution in [0.2, 0.25) is 0 Å². The van der Waals surface area contributed by atoms with Gasteiger partial charge in [0.2, 0.25) is 5.89 Å². The Morgan fingerprint density at radius 3 is 2.77 bits per heavy atom. The van der Waals surface area contributed by atoms with Crippen molar-refractivity contribution in [1.82, 2.24) is 14.8 Å². The van der Waals surface area contributed by atoms with E-state index in [9.17, 15) is 10.1 Å². The highest BCUT2D eigenvalue weighted by Crippen LogP contribution is 2.27. The third-order valence-corrected chi connectivity index (χ3v) is 4.31. The van der Waals surface area contributed by atoms with Crippen molar-refractivity contribution < 1.29 is 9.34 Å². The van der Waals surface area contributed by atoms with Crippen LogP contribution in [0, 0.1) is 30.9 Å². The van der Waals surface area contributed by atoms with E-state index in [-0.39, 0.29) is 5.69 Å². The molecular weight excluding hydrogens is 304 g/mol. The zero-order valence-electron chi connectivity index (χ0n) is 12.4. The van der Waals surface area contributed by atoms with Crippen molar-refractivity contribution in [3.05, 3.63) is 50.5 Å². The van der Waals surface area contributed by atoms with Gasteiger partial charge in [0.15, 0.2) is 0 Å². The number of nitrogens with zero attached hydrogens (tertiary/aromatic N) is 4. The van der Waals surface area contributed by atoms with Gasteiger partial charge in [-0.3, -0.25) is 14.8 Å². The summed E-state index contributed by atoms with van der Waals surface area (Å²) in [7, 11) is 0. The molecule has 0 fully saturated rings. The lowest BCUT2D eigenvalue weighted by atomic mass is 10.3. The molecule has 0 aromatic carbocycles. The molecule has 0 aliphatic carbocycles. The number of oxazole rings is 1. The normalized spacial score (nSPS) is 11.0. The van der Waals surface area contributed by atoms with Gasteiger partial charge >= 0.3 is 5.69 Å². The Morgan fingerprint density at radius 1 is 1.41 bits per heavy atom. The predicted octanol–water partition coefficient (Wildman–Crippen LogP) is 3.48. The fourth-order valence-corrected chi connectivity index (χ4v) is 2.98. The molecule has 3 aromatic rings. The molecule has 3 heterocycles. The lowest BCUT2D eigenvalue weighted by Crippen LogP contribution is -2.05. The van der Waals surface area contributed by atoms with E-state index in [4.69, 9.17) is 4.42 Å². The van der Waals surface area contributed by atoms with Crippen molar-refractivity contribution in [3.8, 4) is 10.8 Å². The summed E-state index contributed by atoms with van der Waals surface area (Å²) in [6, 6.07) is 3.87. The van der Waals surface area contributed by atoms with Crippen molar-refractivity contribution in [2.75, 3.05) is 0 Å². The second-order valence-electron chi connectivity index (χ2n) is 4.93. The number of rotatable bonds is 4. The fourth-order valence-electron chi connectivity index (χ4n) is 2.33. The van der Waals surface area contributed by atoms with Gasteiger partial charge in [0.25, 0.3) is 0 Å². The largest absolute Gasteiger partial charge is 0.440 e. The monoisotopic (exact) mass is 318 g/mol. The first-order valence-corrected chi connectivity index (χ1v) is 7.54. The maximum Gasteiger partial charge on any atom is 0.312 e. The molecule has 7 nitrogen and oxygen atoms in total. The Balaban J connectivity index is 1.94. The molecule has 0 atom stereocenters. The van der Waals surface area contributed by atoms with Crippen LogP contribution in [0.3, 0.4) is 0 Å². The molecule has 0 radical (unpaired) electrons. The topological polar surface area (TPSA) is 87.0 Å². The highest BCUT2D eigenvalue weighted by Gasteiger charge is 2.23. The second-order valence-corrected chi connectivity index (χ2v) is 5.88. The summed E-state index contributed by atoms with van der Waals surface area (Å²) < 4.78 is 7.27. The van der Waals surface area contributed by atoms with Gasteiger partial charge in [-0.05, 0) is 32.2 Å². The van der Waals surface area contributed by atoms with Crippen LogP contribution >= 0.6 is 11.3 Å². The van der Waals surface area contributed by atoms with Crippen LogP contribution in [0.4, 0.5) is 5.69 Å². The Hall–Kier alpha value is -2.48. The van der Waals surface area contributed by atoms with Gasteiger partial charge in [-0.15, -0.1) is 11.3 Å². The Kier molecular flexibility index (Phi) is 3.53. The summed E-state index contributed by atoms with van der Waals surface area (Å²) in [6.45, 7) is 5.50. The van der Waals surface area contributed by atoms with Crippen LogP contribution in [0.15, 0.2) is 21.9 Å². The first-order chi connectivity index (χ1) is 10.5. The molecule has 0 aliphatic rings. The molecule has 114 valence electrons. The van der Waals surface area contributed by atoms with Gasteiger partial charge < -0.3 is 4.42 Å². The van der Waals surface area contributed by atoms with E-state index in [1.165, 1.54) is 0 Å². The highest BCUT2D eigenvalue weighted by molar-refractivity contribution is 7.13. The molecule has 3 rings (SSSR count). The molecular formula is C14H14N4O3S. The quantitative estimate of drug-likeness (QED) is 0.543. The zero-order chi connectivity index (χ0) is 15.9. The maximum absolute atomic E-state index is 11.1. The minimum absolute atomic E-state index is 0.0552. The van der Waals surface area contributed by atoms with Crippen molar-refractivity contribution in [2.24, 2.45) is 0 Å². The highest BCUT2D eigenvalue weighted by atomic mass is 32.1. The lowest BCUT2D eigenvalue weighted by molar-refractivity contribution is -0.386. The van der Waals surface area contributed by atoms with Crippen LogP contribution in [0.25, 0.3) is 10.8 Å². The van der Waals surface area contributed by atoms with Crippen LogP contribution in [-0.2, 0) is 6.54 Å². The molecule has 0 N–H and O–H groups in total. The van der Waals surface area contributed by atoms with Gasteiger partial charge in [-0.2, -0.15) is 5.10 Å². The number of hydrogen-bond donors (Lipinski definition) is 0. The molecule has 0 bridgehead atoms. The van der Waals surface area contributed by atoms with Crippen molar-refractivity contribution in [2.45, 2.75) is 27.3 Å². The van der Waals surface area contributed by atoms with Gasteiger partial charge in [0, 0.05) is 0 Å². The number of thiophene rings is 1. The van der Waals surface area contributed by atoms with E-state index in [0.717, 1.165) is 10.6 Å². The standard InChI is InChI=1S/C14H14N4O3S/c1-8-13(18(19)20)9(2)17(16-8)7-11-10(3)21-14(15-11)12-5-4-6-22-12/h4-6H,7H2,1-3H3. The smallest absolute Gasteiger partial charge is 0.312 e. The fraction of sp³-hybridized carbons (Fsp3) is 0.286. The van der Waals surface area contributed by atoms with Crippen LogP contribution in [-0.4, -0.2) is 19.7 Å². The Labute approximate surface area is 130 Å². The average Bonchev–Trinajstić information content (AvgIpc) is 3.12. The molecule has 0 saturated heterocycles. The molecule has 3 aromatic heterocycles. The van der Waals surface area contributed by atoms with E-state index < -0.39 is 4.92 Å². The number of nitro groups is 1. The summed E-state index contributed by atoms with van der Waals surface area (Å²) >= 11 is 1.55. The maximum atomic E-state index is 11.1. The summed E-state index contributed by atoms with van der Waals surface area (Å²) in [6.07, 6.45) is 0. The number of aryl methyl sites for hydroxylation is 2. The average molecular weight is 318 g/mol. The molecule has 22 heavy (non-hydrogen) atoms. The SMILES string of the molecule is Cc1nn(Cc2nc(-c3cccs3)oc2C)c(C)c1[N+](=O)[O-]. The van der Waals surface area contributed by atoms with Gasteiger partial charge in [-0.1, -0.05) is 6.07 Å². The van der Waals surface area contributed by atoms with E-state index in [2.05, 4.69) is 10.1 Å². The van der Waals surface area contributed by atoms with Gasteiger partial charge in [-0.25, -0.2) is 4.98 Å². The van der Waals surface area contributed by atoms with Crippen LogP contribution < -0.4 is 0 Å². The third kappa shape index (κ3) is 2.41. The summed E-state index contributed by atoms with van der Waals surface area (Å²) in [5.41, 5.74) is 1.70. The summed E-state index contributed by atoms with van der Waals surface area (Å²) in [5.74, 6) is 1.26. The summed E-state index contributed by atoms with van der Waals surface area (Å²) in [4.78, 5) is 16.1. The van der Waals surface area contributed by atoms with Crippen molar-refractivity contribution >= 4 is 17.0 Å². The number of aromatic nitrogens is 3. The number of hydrogen-bond acceptors (Lipinski definition) is 6. The van der Waals surface area contributed by atoms with Crippen LogP contribution in [0.5, 0.6) is 0 Å².